The number of carbonyl (C=O) groups is 2. The quantitative estimate of drug-likeness (QED) is 0.661. The highest BCUT2D eigenvalue weighted by Gasteiger charge is 2.31. The molecule has 1 N–H and O–H groups in total. The van der Waals surface area contributed by atoms with Gasteiger partial charge in [-0.1, -0.05) is 0 Å². The van der Waals surface area contributed by atoms with E-state index in [4.69, 9.17) is 5.11 Å². The first-order valence-corrected chi connectivity index (χ1v) is 8.02. The molecule has 0 saturated heterocycles. The van der Waals surface area contributed by atoms with Gasteiger partial charge in [-0.2, -0.15) is 9.46 Å². The summed E-state index contributed by atoms with van der Waals surface area (Å²) in [4.78, 5) is 22.1. The molecule has 2 heterocycles. The van der Waals surface area contributed by atoms with Crippen molar-refractivity contribution in [1.29, 1.82) is 0 Å². The lowest BCUT2D eigenvalue weighted by Gasteiger charge is -2.19. The van der Waals surface area contributed by atoms with Crippen molar-refractivity contribution in [2.75, 3.05) is 0 Å². The van der Waals surface area contributed by atoms with Crippen LogP contribution in [0.4, 0.5) is 0 Å². The van der Waals surface area contributed by atoms with Crippen LogP contribution < -0.4 is 9.46 Å². The van der Waals surface area contributed by atoms with Gasteiger partial charge in [-0.05, 0) is 46.8 Å². The number of ketones is 1. The molecule has 0 aliphatic heterocycles. The van der Waals surface area contributed by atoms with Crippen LogP contribution >= 0.6 is 0 Å². The summed E-state index contributed by atoms with van der Waals surface area (Å²) in [6.45, 7) is 8.27. The van der Waals surface area contributed by atoms with Crippen LogP contribution in [0.1, 0.15) is 45.7 Å². The van der Waals surface area contributed by atoms with Gasteiger partial charge in [-0.15, -0.1) is 0 Å². The maximum absolute atomic E-state index is 11.3. The minimum Gasteiger partial charge on any atom is -0.619 e. The smallest absolute Gasteiger partial charge is 0.313 e. The first-order valence-electron chi connectivity index (χ1n) is 8.02. The van der Waals surface area contributed by atoms with Gasteiger partial charge >= 0.3 is 5.97 Å². The molecule has 26 heavy (non-hydrogen) atoms. The van der Waals surface area contributed by atoms with Crippen LogP contribution in [-0.2, 0) is 20.4 Å². The Morgan fingerprint density at radius 2 is 1.27 bits per heavy atom. The lowest BCUT2D eigenvalue weighted by molar-refractivity contribution is -0.606. The van der Waals surface area contributed by atoms with E-state index in [0.717, 1.165) is 5.56 Å². The Morgan fingerprint density at radius 3 is 1.58 bits per heavy atom. The Labute approximate surface area is 152 Å². The van der Waals surface area contributed by atoms with Gasteiger partial charge in [0.05, 0.1) is 10.8 Å². The largest absolute Gasteiger partial charge is 0.619 e. The molecule has 0 aliphatic carbocycles. The van der Waals surface area contributed by atoms with Gasteiger partial charge in [0.25, 0.3) is 0 Å². The summed E-state index contributed by atoms with van der Waals surface area (Å²) in [6, 6.07) is 6.60. The summed E-state index contributed by atoms with van der Waals surface area (Å²) in [5, 5.41) is 30.7. The highest BCUT2D eigenvalue weighted by Crippen LogP contribution is 2.22. The fourth-order valence-electron chi connectivity index (χ4n) is 1.98. The molecule has 2 rings (SSSR count). The molecule has 0 aromatic carbocycles. The van der Waals surface area contributed by atoms with Crippen molar-refractivity contribution in [3.8, 4) is 0 Å². The van der Waals surface area contributed by atoms with Gasteiger partial charge in [0, 0.05) is 23.3 Å². The number of carbonyl (C=O) groups excluding carboxylic acids is 1. The third-order valence-electron chi connectivity index (χ3n) is 4.41. The van der Waals surface area contributed by atoms with E-state index < -0.39 is 16.8 Å². The van der Waals surface area contributed by atoms with Crippen molar-refractivity contribution in [2.24, 2.45) is 0 Å². The van der Waals surface area contributed by atoms with Crippen LogP contribution in [0.2, 0.25) is 0 Å². The van der Waals surface area contributed by atoms with Gasteiger partial charge in [0.15, 0.2) is 24.8 Å². The summed E-state index contributed by atoms with van der Waals surface area (Å²) < 4.78 is 1.31. The normalized spacial score (nSPS) is 11.3. The van der Waals surface area contributed by atoms with E-state index in [9.17, 15) is 20.0 Å². The Balaban J connectivity index is 0.000000260. The molecule has 2 aromatic rings. The van der Waals surface area contributed by atoms with Crippen LogP contribution in [0, 0.1) is 10.4 Å². The van der Waals surface area contributed by atoms with Gasteiger partial charge in [0.2, 0.25) is 0 Å². The van der Waals surface area contributed by atoms with Crippen molar-refractivity contribution in [3.05, 3.63) is 70.6 Å². The van der Waals surface area contributed by atoms with E-state index in [0.29, 0.717) is 15.0 Å². The van der Waals surface area contributed by atoms with Crippen LogP contribution in [-0.4, -0.2) is 16.9 Å². The van der Waals surface area contributed by atoms with Crippen LogP contribution in [0.3, 0.4) is 0 Å². The van der Waals surface area contributed by atoms with E-state index in [-0.39, 0.29) is 5.78 Å². The molecule has 0 atom stereocenters. The Bertz CT molecular complexity index is 733. The predicted molar refractivity (Wildman–Crippen MR) is 95.2 cm³/mol. The SMILES string of the molecule is CC(=O)C(C)(C)c1ccc[n+]([O-])c1.CC(C)(C(=O)O)c1ccc[n+]([O-])c1. The number of aliphatic carboxylic acids is 1. The van der Waals surface area contributed by atoms with Crippen LogP contribution in [0.25, 0.3) is 0 Å². The van der Waals surface area contributed by atoms with Gasteiger partial charge < -0.3 is 15.5 Å². The standard InChI is InChI=1S/C10H13NO2.C9H11NO3/c1-8(12)10(2,3)9-5-4-6-11(13)7-9;1-9(2,8(11)12)7-4-3-5-10(13)6-7/h4-7H,1-3H3;3-6H,1-2H3,(H,11,12). The zero-order valence-electron chi connectivity index (χ0n) is 15.6. The van der Waals surface area contributed by atoms with Crippen molar-refractivity contribution in [3.63, 3.8) is 0 Å². The number of carboxylic acid groups (broad SMARTS) is 1. The maximum atomic E-state index is 11.3. The van der Waals surface area contributed by atoms with Crippen molar-refractivity contribution in [2.45, 2.75) is 45.4 Å². The number of carboxylic acids is 1. The molecular formula is C19H24N2O5. The first-order chi connectivity index (χ1) is 11.9. The van der Waals surface area contributed by atoms with Crippen LogP contribution in [0.5, 0.6) is 0 Å². The van der Waals surface area contributed by atoms with E-state index in [1.165, 1.54) is 37.8 Å². The minimum atomic E-state index is -1.02. The van der Waals surface area contributed by atoms with Crippen LogP contribution in [0.15, 0.2) is 49.1 Å². The second-order valence-corrected chi connectivity index (χ2v) is 7.02. The summed E-state index contributed by atoms with van der Waals surface area (Å²) in [6.07, 6.45) is 5.43. The molecule has 0 aliphatic rings. The lowest BCUT2D eigenvalue weighted by Crippen LogP contribution is -2.33. The highest BCUT2D eigenvalue weighted by molar-refractivity contribution is 5.86. The Hall–Kier alpha value is -2.96. The van der Waals surface area contributed by atoms with E-state index >= 15 is 0 Å². The van der Waals surface area contributed by atoms with E-state index in [2.05, 4.69) is 0 Å². The molecule has 0 spiro atoms. The molecule has 0 saturated carbocycles. The van der Waals surface area contributed by atoms with E-state index in [1.807, 2.05) is 13.8 Å². The molecule has 0 fully saturated rings. The number of hydrogen-bond acceptors (Lipinski definition) is 4. The second kappa shape index (κ2) is 7.95. The zero-order chi connectivity index (χ0) is 20.1. The maximum Gasteiger partial charge on any atom is 0.313 e. The molecule has 7 heteroatoms. The average Bonchev–Trinajstić information content (AvgIpc) is 2.55. The van der Waals surface area contributed by atoms with Gasteiger partial charge in [-0.25, -0.2) is 0 Å². The fraction of sp³-hybridized carbons (Fsp3) is 0.368. The van der Waals surface area contributed by atoms with Gasteiger partial charge in [-0.3, -0.25) is 9.59 Å². The molecule has 7 nitrogen and oxygen atoms in total. The summed E-state index contributed by atoms with van der Waals surface area (Å²) >= 11 is 0. The van der Waals surface area contributed by atoms with Gasteiger partial charge in [0.1, 0.15) is 5.78 Å². The van der Waals surface area contributed by atoms with Crippen molar-refractivity contribution >= 4 is 11.8 Å². The third-order valence-corrected chi connectivity index (χ3v) is 4.41. The summed E-state index contributed by atoms with van der Waals surface area (Å²) in [5.41, 5.74) is -0.351. The summed E-state index contributed by atoms with van der Waals surface area (Å²) in [5.74, 6) is -0.891. The molecule has 0 amide bonds. The second-order valence-electron chi connectivity index (χ2n) is 7.02. The predicted octanol–water partition coefficient (Wildman–Crippen LogP) is 1.87. The minimum absolute atomic E-state index is 0.0544. The average molecular weight is 360 g/mol. The third kappa shape index (κ3) is 5.02. The molecule has 0 bridgehead atoms. The Morgan fingerprint density at radius 1 is 0.885 bits per heavy atom. The monoisotopic (exact) mass is 360 g/mol. The highest BCUT2D eigenvalue weighted by atomic mass is 16.5. The number of nitrogens with zero attached hydrogens (tertiary/aromatic N) is 2. The van der Waals surface area contributed by atoms with Crippen molar-refractivity contribution < 1.29 is 24.2 Å². The Kier molecular flexibility index (Phi) is 6.44. The first kappa shape index (κ1) is 21.1. The number of rotatable bonds is 4. The number of hydrogen-bond donors (Lipinski definition) is 1. The van der Waals surface area contributed by atoms with Crippen molar-refractivity contribution in [1.82, 2.24) is 0 Å². The number of pyridine rings is 2. The fourth-order valence-corrected chi connectivity index (χ4v) is 1.98. The molecule has 2 aromatic heterocycles. The zero-order valence-corrected chi connectivity index (χ0v) is 15.6. The molecule has 0 radical (unpaired) electrons. The molecular weight excluding hydrogens is 336 g/mol. The summed E-state index contributed by atoms with van der Waals surface area (Å²) in [7, 11) is 0. The number of aromatic nitrogens is 2. The lowest BCUT2D eigenvalue weighted by atomic mass is 9.82. The van der Waals surface area contributed by atoms with E-state index in [1.54, 1.807) is 32.0 Å². The topological polar surface area (TPSA) is 108 Å². The number of Topliss-reactive ketones (excluding diaryl/α,β-unsaturated/α-hetero) is 1. The molecule has 140 valence electrons. The molecule has 0 unspecified atom stereocenters.